The first kappa shape index (κ1) is 13.9. The lowest BCUT2D eigenvalue weighted by Crippen LogP contribution is -2.20. The Hall–Kier alpha value is -2.55. The van der Waals surface area contributed by atoms with E-state index in [9.17, 15) is 4.79 Å². The molecule has 0 aliphatic rings. The number of nitrogens with two attached hydrogens (primary N) is 1. The number of anilines is 1. The zero-order valence-corrected chi connectivity index (χ0v) is 11.5. The Kier molecular flexibility index (Phi) is 4.56. The maximum absolute atomic E-state index is 11.7. The van der Waals surface area contributed by atoms with Gasteiger partial charge in [0.15, 0.2) is 0 Å². The molecule has 0 aromatic heterocycles. The third-order valence-corrected chi connectivity index (χ3v) is 2.95. The maximum atomic E-state index is 11.7. The Morgan fingerprint density at radius 2 is 1.75 bits per heavy atom. The number of nitrogen functional groups attached to an aromatic ring is 1. The Labute approximate surface area is 119 Å². The highest BCUT2D eigenvalue weighted by molar-refractivity contribution is 5.91. The number of hydrogen-bond donors (Lipinski definition) is 2. The minimum atomic E-state index is -0.109. The second kappa shape index (κ2) is 6.57. The van der Waals surface area contributed by atoms with Crippen molar-refractivity contribution in [3.05, 3.63) is 71.3 Å². The van der Waals surface area contributed by atoms with Gasteiger partial charge in [-0.3, -0.25) is 4.79 Å². The molecule has 0 fully saturated rings. The monoisotopic (exact) mass is 266 g/mol. The van der Waals surface area contributed by atoms with Gasteiger partial charge in [0.25, 0.3) is 0 Å². The Balaban J connectivity index is 1.86. The van der Waals surface area contributed by atoms with Crippen molar-refractivity contribution in [3.63, 3.8) is 0 Å². The molecule has 0 saturated heterocycles. The second-order valence-electron chi connectivity index (χ2n) is 4.70. The molecule has 0 spiro atoms. The largest absolute Gasteiger partial charge is 0.399 e. The van der Waals surface area contributed by atoms with Crippen molar-refractivity contribution in [2.75, 3.05) is 5.73 Å². The van der Waals surface area contributed by atoms with E-state index < -0.39 is 0 Å². The molecular weight excluding hydrogens is 248 g/mol. The van der Waals surface area contributed by atoms with Crippen molar-refractivity contribution in [2.24, 2.45) is 0 Å². The van der Waals surface area contributed by atoms with Crippen molar-refractivity contribution in [1.29, 1.82) is 0 Å². The topological polar surface area (TPSA) is 55.1 Å². The van der Waals surface area contributed by atoms with Gasteiger partial charge in [-0.15, -0.1) is 0 Å². The number of rotatable bonds is 4. The van der Waals surface area contributed by atoms with E-state index in [1.165, 1.54) is 11.6 Å². The van der Waals surface area contributed by atoms with Gasteiger partial charge in [0.05, 0.1) is 0 Å². The van der Waals surface area contributed by atoms with Crippen molar-refractivity contribution in [1.82, 2.24) is 5.32 Å². The summed E-state index contributed by atoms with van der Waals surface area (Å²) < 4.78 is 0. The fraction of sp³-hybridized carbons (Fsp3) is 0.118. The molecule has 0 saturated carbocycles. The van der Waals surface area contributed by atoms with E-state index >= 15 is 0 Å². The van der Waals surface area contributed by atoms with Crippen LogP contribution in [-0.4, -0.2) is 5.91 Å². The molecule has 3 nitrogen and oxygen atoms in total. The highest BCUT2D eigenvalue weighted by atomic mass is 16.1. The number of carbonyl (C=O) groups excluding carboxylic acids is 1. The molecule has 0 heterocycles. The molecule has 3 N–H and O–H groups in total. The van der Waals surface area contributed by atoms with Gasteiger partial charge in [-0.2, -0.15) is 0 Å². The van der Waals surface area contributed by atoms with E-state index in [1.807, 2.05) is 55.5 Å². The average molecular weight is 266 g/mol. The molecule has 0 unspecified atom stereocenters. The minimum absolute atomic E-state index is 0.109. The molecule has 2 aromatic carbocycles. The lowest BCUT2D eigenvalue weighted by atomic mass is 10.1. The summed E-state index contributed by atoms with van der Waals surface area (Å²) in [6.07, 6.45) is 3.30. The number of benzene rings is 2. The Morgan fingerprint density at radius 3 is 2.40 bits per heavy atom. The summed E-state index contributed by atoms with van der Waals surface area (Å²) in [6, 6.07) is 15.5. The van der Waals surface area contributed by atoms with Crippen LogP contribution in [0.1, 0.15) is 16.7 Å². The lowest BCUT2D eigenvalue weighted by molar-refractivity contribution is -0.116. The lowest BCUT2D eigenvalue weighted by Gasteiger charge is -2.03. The van der Waals surface area contributed by atoms with Crippen molar-refractivity contribution >= 4 is 17.7 Å². The van der Waals surface area contributed by atoms with Crippen molar-refractivity contribution in [3.8, 4) is 0 Å². The van der Waals surface area contributed by atoms with Crippen LogP contribution in [-0.2, 0) is 11.3 Å². The average Bonchev–Trinajstić information content (AvgIpc) is 2.46. The van der Waals surface area contributed by atoms with Crippen LogP contribution in [0.15, 0.2) is 54.6 Å². The molecule has 2 rings (SSSR count). The van der Waals surface area contributed by atoms with Gasteiger partial charge in [-0.1, -0.05) is 42.0 Å². The van der Waals surface area contributed by atoms with Crippen LogP contribution in [0.4, 0.5) is 5.69 Å². The summed E-state index contributed by atoms with van der Waals surface area (Å²) in [5, 5.41) is 2.85. The molecule has 20 heavy (non-hydrogen) atoms. The van der Waals surface area contributed by atoms with Crippen LogP contribution < -0.4 is 11.1 Å². The molecule has 0 atom stereocenters. The zero-order valence-electron chi connectivity index (χ0n) is 11.5. The fourth-order valence-electron chi connectivity index (χ4n) is 1.73. The SMILES string of the molecule is Cc1ccc(CNC(=O)/C=C/c2ccc(N)cc2)cc1. The standard InChI is InChI=1S/C17H18N2O/c1-13-2-4-15(5-3-13)12-19-17(20)11-8-14-6-9-16(18)10-7-14/h2-11H,12,18H2,1H3,(H,19,20)/b11-8+. The van der Waals surface area contributed by atoms with Crippen LogP contribution >= 0.6 is 0 Å². The molecule has 0 bridgehead atoms. The smallest absolute Gasteiger partial charge is 0.244 e. The quantitative estimate of drug-likeness (QED) is 0.660. The van der Waals surface area contributed by atoms with Crippen LogP contribution in [0.3, 0.4) is 0 Å². The van der Waals surface area contributed by atoms with E-state index in [-0.39, 0.29) is 5.91 Å². The van der Waals surface area contributed by atoms with Gasteiger partial charge in [0.1, 0.15) is 0 Å². The summed E-state index contributed by atoms with van der Waals surface area (Å²) in [5.74, 6) is -0.109. The third kappa shape index (κ3) is 4.28. The predicted octanol–water partition coefficient (Wildman–Crippen LogP) is 2.91. The van der Waals surface area contributed by atoms with Crippen LogP contribution in [0, 0.1) is 6.92 Å². The highest BCUT2D eigenvalue weighted by Crippen LogP contribution is 2.07. The van der Waals surface area contributed by atoms with Gasteiger partial charge in [-0.25, -0.2) is 0 Å². The molecule has 1 amide bonds. The summed E-state index contributed by atoms with van der Waals surface area (Å²) >= 11 is 0. The molecular formula is C17H18N2O. The van der Waals surface area contributed by atoms with Gasteiger partial charge in [0.2, 0.25) is 5.91 Å². The van der Waals surface area contributed by atoms with Gasteiger partial charge in [-0.05, 0) is 36.3 Å². The molecule has 0 aliphatic heterocycles. The normalized spacial score (nSPS) is 10.7. The summed E-state index contributed by atoms with van der Waals surface area (Å²) in [5.41, 5.74) is 9.56. The number of amides is 1. The number of carbonyl (C=O) groups is 1. The summed E-state index contributed by atoms with van der Waals surface area (Å²) in [6.45, 7) is 2.57. The van der Waals surface area contributed by atoms with Crippen molar-refractivity contribution < 1.29 is 4.79 Å². The number of aryl methyl sites for hydroxylation is 1. The first-order valence-electron chi connectivity index (χ1n) is 6.50. The maximum Gasteiger partial charge on any atom is 0.244 e. The van der Waals surface area contributed by atoms with Crippen LogP contribution in [0.5, 0.6) is 0 Å². The van der Waals surface area contributed by atoms with E-state index in [1.54, 1.807) is 6.08 Å². The third-order valence-electron chi connectivity index (χ3n) is 2.95. The van der Waals surface area contributed by atoms with Gasteiger partial charge < -0.3 is 11.1 Å². The summed E-state index contributed by atoms with van der Waals surface area (Å²) in [4.78, 5) is 11.7. The molecule has 102 valence electrons. The minimum Gasteiger partial charge on any atom is -0.399 e. The van der Waals surface area contributed by atoms with Gasteiger partial charge in [0, 0.05) is 18.3 Å². The fourth-order valence-corrected chi connectivity index (χ4v) is 1.73. The highest BCUT2D eigenvalue weighted by Gasteiger charge is 1.97. The van der Waals surface area contributed by atoms with Crippen LogP contribution in [0.25, 0.3) is 6.08 Å². The predicted molar refractivity (Wildman–Crippen MR) is 82.9 cm³/mol. The Morgan fingerprint density at radius 1 is 1.10 bits per heavy atom. The van der Waals surface area contributed by atoms with Crippen molar-refractivity contribution in [2.45, 2.75) is 13.5 Å². The first-order chi connectivity index (χ1) is 9.63. The molecule has 3 heteroatoms. The second-order valence-corrected chi connectivity index (χ2v) is 4.70. The molecule has 0 aliphatic carbocycles. The van der Waals surface area contributed by atoms with E-state index in [0.29, 0.717) is 12.2 Å². The number of nitrogens with one attached hydrogen (secondary N) is 1. The van der Waals surface area contributed by atoms with E-state index in [2.05, 4.69) is 5.32 Å². The van der Waals surface area contributed by atoms with E-state index in [4.69, 9.17) is 5.73 Å². The molecule has 0 radical (unpaired) electrons. The number of hydrogen-bond acceptors (Lipinski definition) is 2. The molecule has 2 aromatic rings. The van der Waals surface area contributed by atoms with Gasteiger partial charge >= 0.3 is 0 Å². The summed E-state index contributed by atoms with van der Waals surface area (Å²) in [7, 11) is 0. The first-order valence-corrected chi connectivity index (χ1v) is 6.50. The van der Waals surface area contributed by atoms with E-state index in [0.717, 1.165) is 11.1 Å². The Bertz CT molecular complexity index is 598. The zero-order chi connectivity index (χ0) is 14.4. The van der Waals surface area contributed by atoms with Crippen LogP contribution in [0.2, 0.25) is 0 Å².